The molecule has 21 heavy (non-hydrogen) atoms. The van der Waals surface area contributed by atoms with E-state index in [0.717, 1.165) is 27.7 Å². The molecule has 0 spiro atoms. The largest absolute Gasteiger partial charge is 0.321 e. The van der Waals surface area contributed by atoms with E-state index < -0.39 is 0 Å². The first-order valence-corrected chi connectivity index (χ1v) is 6.79. The molecule has 1 amide bonds. The Morgan fingerprint density at radius 1 is 0.952 bits per heavy atom. The molecular weight excluding hydrogens is 260 g/mol. The summed E-state index contributed by atoms with van der Waals surface area (Å²) < 4.78 is 0. The predicted molar refractivity (Wildman–Crippen MR) is 84.7 cm³/mol. The molecule has 1 aliphatic rings. The number of nitrogens with one attached hydrogen (secondary N) is 1. The number of carbonyl (C=O) groups excluding carboxylic acids is 1. The molecule has 4 rings (SSSR count). The number of fused-ring (bicyclic) bond motifs is 2. The molecule has 2 heterocycles. The summed E-state index contributed by atoms with van der Waals surface area (Å²) in [5.74, 6) is -0.0582. The van der Waals surface area contributed by atoms with Crippen molar-refractivity contribution in [3.8, 4) is 0 Å². The summed E-state index contributed by atoms with van der Waals surface area (Å²) in [6, 6.07) is 17.6. The molecule has 0 atom stereocenters. The fourth-order valence-electron chi connectivity index (χ4n) is 2.68. The van der Waals surface area contributed by atoms with Crippen molar-refractivity contribution in [1.29, 1.82) is 0 Å². The zero-order chi connectivity index (χ0) is 14.2. The third-order valence-electron chi connectivity index (χ3n) is 3.69. The number of hydrogen-bond acceptors (Lipinski definition) is 2. The third kappa shape index (κ3) is 1.91. The lowest BCUT2D eigenvalue weighted by Gasteiger charge is -2.03. The van der Waals surface area contributed by atoms with E-state index in [1.807, 2.05) is 60.7 Å². The molecule has 0 bridgehead atoms. The van der Waals surface area contributed by atoms with Gasteiger partial charge < -0.3 is 5.32 Å². The Kier molecular flexibility index (Phi) is 2.57. The van der Waals surface area contributed by atoms with Crippen LogP contribution in [0.2, 0.25) is 0 Å². The Morgan fingerprint density at radius 2 is 1.76 bits per heavy atom. The smallest absolute Gasteiger partial charge is 0.256 e. The molecule has 3 heteroatoms. The Labute approximate surface area is 122 Å². The Hall–Kier alpha value is -2.94. The molecule has 2 aromatic carbocycles. The Morgan fingerprint density at radius 3 is 2.71 bits per heavy atom. The van der Waals surface area contributed by atoms with Gasteiger partial charge in [-0.2, -0.15) is 0 Å². The van der Waals surface area contributed by atoms with Gasteiger partial charge in [0.15, 0.2) is 0 Å². The number of amides is 1. The van der Waals surface area contributed by atoms with Crippen molar-refractivity contribution >= 4 is 34.1 Å². The maximum absolute atomic E-state index is 12.2. The summed E-state index contributed by atoms with van der Waals surface area (Å²) in [6.07, 6.45) is 3.71. The summed E-state index contributed by atoms with van der Waals surface area (Å²) in [7, 11) is 0. The normalized spacial score (nSPS) is 15.2. The minimum Gasteiger partial charge on any atom is -0.321 e. The fraction of sp³-hybridized carbons (Fsp3) is 0. The number of carbonyl (C=O) groups is 1. The summed E-state index contributed by atoms with van der Waals surface area (Å²) in [6.45, 7) is 0. The average molecular weight is 272 g/mol. The number of benzene rings is 2. The lowest BCUT2D eigenvalue weighted by Crippen LogP contribution is -2.03. The van der Waals surface area contributed by atoms with Crippen molar-refractivity contribution in [3.63, 3.8) is 0 Å². The highest BCUT2D eigenvalue weighted by atomic mass is 16.2. The molecule has 1 aromatic heterocycles. The Balaban J connectivity index is 1.93. The van der Waals surface area contributed by atoms with Crippen molar-refractivity contribution in [2.75, 3.05) is 5.32 Å². The molecule has 1 aliphatic heterocycles. The topological polar surface area (TPSA) is 42.0 Å². The third-order valence-corrected chi connectivity index (χ3v) is 3.69. The first kappa shape index (κ1) is 11.9. The summed E-state index contributed by atoms with van der Waals surface area (Å²) in [5, 5.41) is 3.94. The van der Waals surface area contributed by atoms with Gasteiger partial charge in [0.1, 0.15) is 0 Å². The molecule has 0 saturated carbocycles. The van der Waals surface area contributed by atoms with Crippen LogP contribution in [0.5, 0.6) is 0 Å². The number of rotatable bonds is 1. The van der Waals surface area contributed by atoms with Gasteiger partial charge in [0.2, 0.25) is 0 Å². The number of para-hydroxylation sites is 2. The van der Waals surface area contributed by atoms with Gasteiger partial charge in [-0.05, 0) is 29.8 Å². The van der Waals surface area contributed by atoms with Crippen LogP contribution in [-0.2, 0) is 4.79 Å². The molecular formula is C18H12N2O. The van der Waals surface area contributed by atoms with Gasteiger partial charge >= 0.3 is 0 Å². The van der Waals surface area contributed by atoms with Gasteiger partial charge in [-0.25, -0.2) is 0 Å². The van der Waals surface area contributed by atoms with Crippen LogP contribution in [0.1, 0.15) is 11.1 Å². The first-order chi connectivity index (χ1) is 10.3. The molecule has 3 nitrogen and oxygen atoms in total. The van der Waals surface area contributed by atoms with Crippen molar-refractivity contribution < 1.29 is 4.79 Å². The van der Waals surface area contributed by atoms with E-state index in [1.54, 1.807) is 6.20 Å². The summed E-state index contributed by atoms with van der Waals surface area (Å²) in [4.78, 5) is 16.5. The zero-order valence-electron chi connectivity index (χ0n) is 11.2. The monoisotopic (exact) mass is 272 g/mol. The minimum absolute atomic E-state index is 0.0582. The van der Waals surface area contributed by atoms with Crippen molar-refractivity contribution in [2.45, 2.75) is 0 Å². The molecule has 3 aromatic rings. The van der Waals surface area contributed by atoms with E-state index in [9.17, 15) is 4.79 Å². The molecule has 0 unspecified atom stereocenters. The van der Waals surface area contributed by atoms with Gasteiger partial charge in [0.25, 0.3) is 5.91 Å². The van der Waals surface area contributed by atoms with Crippen LogP contribution in [0, 0.1) is 0 Å². The quantitative estimate of drug-likeness (QED) is 0.686. The summed E-state index contributed by atoms with van der Waals surface area (Å²) in [5.41, 5.74) is 4.44. The maximum atomic E-state index is 12.2. The first-order valence-electron chi connectivity index (χ1n) is 6.79. The lowest BCUT2D eigenvalue weighted by molar-refractivity contribution is -0.110. The van der Waals surface area contributed by atoms with E-state index in [0.29, 0.717) is 5.57 Å². The van der Waals surface area contributed by atoms with Crippen molar-refractivity contribution in [2.24, 2.45) is 0 Å². The van der Waals surface area contributed by atoms with Crippen molar-refractivity contribution in [1.82, 2.24) is 4.98 Å². The van der Waals surface area contributed by atoms with Crippen molar-refractivity contribution in [3.05, 3.63) is 71.9 Å². The molecule has 1 N–H and O–H groups in total. The van der Waals surface area contributed by atoms with Gasteiger partial charge in [-0.3, -0.25) is 9.78 Å². The molecule has 100 valence electrons. The number of nitrogens with zero attached hydrogens (tertiary/aromatic N) is 1. The van der Waals surface area contributed by atoms with E-state index in [2.05, 4.69) is 10.3 Å². The highest BCUT2D eigenvalue weighted by molar-refractivity contribution is 6.35. The average Bonchev–Trinajstić information content (AvgIpc) is 2.84. The standard InChI is InChI=1S/C18H12N2O/c21-18-15(14-6-2-4-8-17(14)20-18)11-12-9-10-19-16-7-3-1-5-13(12)16/h1-11H,(H,20,21)/b15-11+. The highest BCUT2D eigenvalue weighted by Gasteiger charge is 2.23. The number of aromatic nitrogens is 1. The van der Waals surface area contributed by atoms with Crippen LogP contribution in [0.25, 0.3) is 22.6 Å². The lowest BCUT2D eigenvalue weighted by atomic mass is 10.0. The number of hydrogen-bond donors (Lipinski definition) is 1. The molecule has 0 fully saturated rings. The van der Waals surface area contributed by atoms with Crippen LogP contribution in [0.4, 0.5) is 5.69 Å². The van der Waals surface area contributed by atoms with Crippen LogP contribution in [0.3, 0.4) is 0 Å². The predicted octanol–water partition coefficient (Wildman–Crippen LogP) is 3.73. The maximum Gasteiger partial charge on any atom is 0.256 e. The highest BCUT2D eigenvalue weighted by Crippen LogP contribution is 2.33. The van der Waals surface area contributed by atoms with Crippen LogP contribution < -0.4 is 5.32 Å². The van der Waals surface area contributed by atoms with E-state index in [-0.39, 0.29) is 5.91 Å². The second-order valence-corrected chi connectivity index (χ2v) is 4.98. The Bertz CT molecular complexity index is 891. The second kappa shape index (κ2) is 4.56. The fourth-order valence-corrected chi connectivity index (χ4v) is 2.68. The SMILES string of the molecule is O=C1Nc2ccccc2/C1=C\c1ccnc2ccccc12. The molecule has 0 aliphatic carbocycles. The second-order valence-electron chi connectivity index (χ2n) is 4.98. The van der Waals surface area contributed by atoms with Crippen LogP contribution in [0.15, 0.2) is 60.8 Å². The summed E-state index contributed by atoms with van der Waals surface area (Å²) >= 11 is 0. The zero-order valence-corrected chi connectivity index (χ0v) is 11.2. The molecule has 0 radical (unpaired) electrons. The van der Waals surface area contributed by atoms with Gasteiger partial charge in [-0.1, -0.05) is 36.4 Å². The van der Waals surface area contributed by atoms with Crippen LogP contribution in [-0.4, -0.2) is 10.9 Å². The van der Waals surface area contributed by atoms with Gasteiger partial charge in [-0.15, -0.1) is 0 Å². The van der Waals surface area contributed by atoms with Crippen LogP contribution >= 0.6 is 0 Å². The molecule has 0 saturated heterocycles. The van der Waals surface area contributed by atoms with E-state index >= 15 is 0 Å². The minimum atomic E-state index is -0.0582. The number of pyridine rings is 1. The van der Waals surface area contributed by atoms with E-state index in [4.69, 9.17) is 0 Å². The van der Waals surface area contributed by atoms with Gasteiger partial charge in [0, 0.05) is 28.4 Å². The van der Waals surface area contributed by atoms with E-state index in [1.165, 1.54) is 0 Å². The van der Waals surface area contributed by atoms with Gasteiger partial charge in [0.05, 0.1) is 5.52 Å². The number of anilines is 1.